The number of hydrogen-bond acceptors (Lipinski definition) is 4. The van der Waals surface area contributed by atoms with Crippen LogP contribution in [0, 0.1) is 0 Å². The van der Waals surface area contributed by atoms with Gasteiger partial charge in [-0.2, -0.15) is 5.10 Å². The Morgan fingerprint density at radius 3 is 2.75 bits per heavy atom. The molecule has 1 aliphatic carbocycles. The zero-order valence-electron chi connectivity index (χ0n) is 9.08. The zero-order chi connectivity index (χ0) is 11.6. The normalized spacial score (nSPS) is 22.8. The molecule has 6 nitrogen and oxygen atoms in total. The van der Waals surface area contributed by atoms with Crippen molar-refractivity contribution in [2.24, 2.45) is 10.8 Å². The Hall–Kier alpha value is -1.43. The Kier molecular flexibility index (Phi) is 2.91. The molecule has 0 spiro atoms. The third-order valence-corrected chi connectivity index (χ3v) is 3.12. The van der Waals surface area contributed by atoms with Gasteiger partial charge in [0.2, 0.25) is 5.91 Å². The summed E-state index contributed by atoms with van der Waals surface area (Å²) in [6.07, 6.45) is 3.76. The summed E-state index contributed by atoms with van der Waals surface area (Å²) in [6, 6.07) is 0. The summed E-state index contributed by atoms with van der Waals surface area (Å²) in [4.78, 5) is 22.5. The Morgan fingerprint density at radius 1 is 1.50 bits per heavy atom. The van der Waals surface area contributed by atoms with Crippen LogP contribution in [0.4, 0.5) is 0 Å². The fraction of sp³-hybridized carbons (Fsp3) is 0.700. The van der Waals surface area contributed by atoms with Gasteiger partial charge in [-0.25, -0.2) is 5.43 Å². The highest BCUT2D eigenvalue weighted by Gasteiger charge is 2.33. The molecule has 0 saturated heterocycles. The van der Waals surface area contributed by atoms with E-state index >= 15 is 0 Å². The molecule has 88 valence electrons. The van der Waals surface area contributed by atoms with Crippen LogP contribution in [0.15, 0.2) is 5.10 Å². The Bertz CT molecular complexity index is 347. The van der Waals surface area contributed by atoms with E-state index in [1.54, 1.807) is 0 Å². The van der Waals surface area contributed by atoms with Crippen LogP contribution in [0.3, 0.4) is 0 Å². The van der Waals surface area contributed by atoms with Gasteiger partial charge in [-0.3, -0.25) is 9.59 Å². The van der Waals surface area contributed by atoms with Crippen LogP contribution in [0.25, 0.3) is 0 Å². The maximum atomic E-state index is 11.6. The second-order valence-corrected chi connectivity index (χ2v) is 4.49. The fourth-order valence-corrected chi connectivity index (χ4v) is 1.80. The van der Waals surface area contributed by atoms with Crippen LogP contribution < -0.4 is 16.5 Å². The van der Waals surface area contributed by atoms with Gasteiger partial charge in [0.15, 0.2) is 0 Å². The summed E-state index contributed by atoms with van der Waals surface area (Å²) < 4.78 is 0. The molecule has 0 aromatic heterocycles. The molecule has 6 heteroatoms. The van der Waals surface area contributed by atoms with Crippen LogP contribution >= 0.6 is 0 Å². The first-order valence-corrected chi connectivity index (χ1v) is 5.52. The quantitative estimate of drug-likeness (QED) is 0.588. The summed E-state index contributed by atoms with van der Waals surface area (Å²) in [7, 11) is 0. The lowest BCUT2D eigenvalue weighted by molar-refractivity contribution is -0.121. The van der Waals surface area contributed by atoms with E-state index in [0.717, 1.165) is 19.3 Å². The van der Waals surface area contributed by atoms with E-state index in [9.17, 15) is 9.59 Å². The van der Waals surface area contributed by atoms with Gasteiger partial charge in [-0.15, -0.1) is 0 Å². The summed E-state index contributed by atoms with van der Waals surface area (Å²) in [5, 5.41) is 6.48. The maximum absolute atomic E-state index is 11.6. The zero-order valence-corrected chi connectivity index (χ0v) is 9.08. The summed E-state index contributed by atoms with van der Waals surface area (Å²) in [5.74, 6) is -0.373. The van der Waals surface area contributed by atoms with Crippen molar-refractivity contribution < 1.29 is 9.59 Å². The van der Waals surface area contributed by atoms with Crippen molar-refractivity contribution in [3.8, 4) is 0 Å². The second kappa shape index (κ2) is 4.21. The van der Waals surface area contributed by atoms with Crippen LogP contribution in [0.1, 0.15) is 32.1 Å². The van der Waals surface area contributed by atoms with Gasteiger partial charge in [0.25, 0.3) is 5.91 Å². The molecule has 16 heavy (non-hydrogen) atoms. The van der Waals surface area contributed by atoms with E-state index in [-0.39, 0.29) is 17.4 Å². The molecule has 1 saturated carbocycles. The average Bonchev–Trinajstić information content (AvgIpc) is 2.24. The minimum atomic E-state index is -0.228. The number of hydrazone groups is 1. The lowest BCUT2D eigenvalue weighted by Gasteiger charge is -2.38. The number of amides is 2. The maximum Gasteiger partial charge on any atom is 0.267 e. The van der Waals surface area contributed by atoms with Crippen LogP contribution in [-0.4, -0.2) is 29.6 Å². The highest BCUT2D eigenvalue weighted by Crippen LogP contribution is 2.27. The van der Waals surface area contributed by atoms with Gasteiger partial charge < -0.3 is 11.1 Å². The van der Waals surface area contributed by atoms with E-state index in [4.69, 9.17) is 5.73 Å². The summed E-state index contributed by atoms with van der Waals surface area (Å²) >= 11 is 0. The lowest BCUT2D eigenvalue weighted by atomic mass is 9.78. The third-order valence-electron chi connectivity index (χ3n) is 3.12. The highest BCUT2D eigenvalue weighted by molar-refractivity contribution is 6.39. The molecule has 0 aromatic rings. The molecule has 1 heterocycles. The molecule has 2 amide bonds. The number of nitrogens with one attached hydrogen (secondary N) is 2. The molecule has 0 radical (unpaired) electrons. The molecule has 0 unspecified atom stereocenters. The predicted molar refractivity (Wildman–Crippen MR) is 58.6 cm³/mol. The van der Waals surface area contributed by atoms with E-state index in [0.29, 0.717) is 25.1 Å². The fourth-order valence-electron chi connectivity index (χ4n) is 1.80. The Labute approximate surface area is 93.6 Å². The van der Waals surface area contributed by atoms with Crippen molar-refractivity contribution >= 4 is 17.5 Å². The van der Waals surface area contributed by atoms with Crippen molar-refractivity contribution in [3.63, 3.8) is 0 Å². The SMILES string of the molecule is NC1(CNC(=O)C2=NNC(=O)CC2)CCC1. The molecule has 1 fully saturated rings. The number of hydrogen-bond donors (Lipinski definition) is 3. The van der Waals surface area contributed by atoms with Gasteiger partial charge in [0.05, 0.1) is 0 Å². The smallest absolute Gasteiger partial charge is 0.267 e. The first kappa shape index (κ1) is 11.1. The van der Waals surface area contributed by atoms with Gasteiger partial charge >= 0.3 is 0 Å². The van der Waals surface area contributed by atoms with E-state index in [1.807, 2.05) is 0 Å². The number of carbonyl (C=O) groups excluding carboxylic acids is 2. The Morgan fingerprint density at radius 2 is 2.25 bits per heavy atom. The van der Waals surface area contributed by atoms with E-state index in [2.05, 4.69) is 15.8 Å². The number of rotatable bonds is 3. The average molecular weight is 224 g/mol. The molecule has 2 rings (SSSR count). The minimum Gasteiger partial charge on any atom is -0.349 e. The largest absolute Gasteiger partial charge is 0.349 e. The number of carbonyl (C=O) groups is 2. The summed E-state index contributed by atoms with van der Waals surface area (Å²) in [5.41, 5.74) is 8.42. The monoisotopic (exact) mass is 224 g/mol. The van der Waals surface area contributed by atoms with Crippen molar-refractivity contribution in [1.82, 2.24) is 10.7 Å². The van der Waals surface area contributed by atoms with Crippen molar-refractivity contribution in [3.05, 3.63) is 0 Å². The van der Waals surface area contributed by atoms with E-state index in [1.165, 1.54) is 0 Å². The summed E-state index contributed by atoms with van der Waals surface area (Å²) in [6.45, 7) is 0.485. The van der Waals surface area contributed by atoms with Crippen molar-refractivity contribution in [2.45, 2.75) is 37.6 Å². The van der Waals surface area contributed by atoms with Gasteiger partial charge in [-0.05, 0) is 19.3 Å². The molecule has 4 N–H and O–H groups in total. The minimum absolute atomic E-state index is 0.147. The molecule has 0 bridgehead atoms. The third kappa shape index (κ3) is 2.38. The first-order chi connectivity index (χ1) is 7.59. The standard InChI is InChI=1S/C10H16N4O2/c11-10(4-1-5-10)6-12-9(16)7-2-3-8(15)14-13-7/h1-6,11H2,(H,12,16)(H,14,15). The molecule has 0 aromatic carbocycles. The second-order valence-electron chi connectivity index (χ2n) is 4.49. The van der Waals surface area contributed by atoms with Crippen LogP contribution in [-0.2, 0) is 9.59 Å². The molecule has 1 aliphatic heterocycles. The Balaban J connectivity index is 1.81. The van der Waals surface area contributed by atoms with Gasteiger partial charge in [0, 0.05) is 24.9 Å². The van der Waals surface area contributed by atoms with E-state index < -0.39 is 0 Å². The number of nitrogens with two attached hydrogens (primary N) is 1. The van der Waals surface area contributed by atoms with Crippen LogP contribution in [0.2, 0.25) is 0 Å². The first-order valence-electron chi connectivity index (χ1n) is 5.52. The molecule has 0 atom stereocenters. The van der Waals surface area contributed by atoms with Crippen molar-refractivity contribution in [2.75, 3.05) is 6.54 Å². The topological polar surface area (TPSA) is 96.6 Å². The van der Waals surface area contributed by atoms with Gasteiger partial charge in [-0.1, -0.05) is 0 Å². The predicted octanol–water partition coefficient (Wildman–Crippen LogP) is -0.750. The molecule has 2 aliphatic rings. The number of nitrogens with zero attached hydrogens (tertiary/aromatic N) is 1. The van der Waals surface area contributed by atoms with Crippen LogP contribution in [0.5, 0.6) is 0 Å². The van der Waals surface area contributed by atoms with Gasteiger partial charge in [0.1, 0.15) is 5.71 Å². The van der Waals surface area contributed by atoms with Crippen molar-refractivity contribution in [1.29, 1.82) is 0 Å². The molecular formula is C10H16N4O2. The lowest BCUT2D eigenvalue weighted by Crippen LogP contribution is -2.55. The highest BCUT2D eigenvalue weighted by atomic mass is 16.2. The molecular weight excluding hydrogens is 208 g/mol.